The van der Waals surface area contributed by atoms with Crippen molar-refractivity contribution >= 4 is 11.6 Å². The highest BCUT2D eigenvalue weighted by Crippen LogP contribution is 2.57. The van der Waals surface area contributed by atoms with E-state index >= 15 is 0 Å². The molecule has 3 rings (SSSR count). The van der Waals surface area contributed by atoms with Crippen LogP contribution in [0.1, 0.15) is 44.7 Å². The van der Waals surface area contributed by atoms with Gasteiger partial charge >= 0.3 is 0 Å². The molecule has 2 aliphatic rings. The number of ether oxygens (including phenoxy) is 2. The molecule has 0 aliphatic carbocycles. The van der Waals surface area contributed by atoms with E-state index < -0.39 is 0 Å². The van der Waals surface area contributed by atoms with Gasteiger partial charge in [0.15, 0.2) is 0 Å². The first kappa shape index (κ1) is 15.3. The molecule has 2 heterocycles. The highest BCUT2D eigenvalue weighted by Gasteiger charge is 2.66. The SMILES string of the molecule is Cc1ccccc1CO[C@@H]1[C@@H](Cl)[C@@]2(C(C)C)CC[C@]1(C)O2. The molecule has 0 amide bonds. The number of hydrogen-bond acceptors (Lipinski definition) is 2. The quantitative estimate of drug-likeness (QED) is 0.764. The Balaban J connectivity index is 1.76. The molecule has 0 unspecified atom stereocenters. The van der Waals surface area contributed by atoms with Crippen LogP contribution >= 0.6 is 11.6 Å². The van der Waals surface area contributed by atoms with Crippen molar-refractivity contribution in [2.24, 2.45) is 5.92 Å². The summed E-state index contributed by atoms with van der Waals surface area (Å²) in [7, 11) is 0. The zero-order chi connectivity index (χ0) is 15.3. The van der Waals surface area contributed by atoms with Crippen LogP contribution in [-0.2, 0) is 16.1 Å². The molecule has 2 aliphatic heterocycles. The second kappa shape index (κ2) is 5.26. The molecule has 4 atom stereocenters. The first-order valence-electron chi connectivity index (χ1n) is 7.89. The number of alkyl halides is 1. The Bertz CT molecular complexity index is 530. The second-order valence-corrected chi connectivity index (χ2v) is 7.55. The van der Waals surface area contributed by atoms with E-state index in [2.05, 4.69) is 52.0 Å². The Hall–Kier alpha value is -0.570. The summed E-state index contributed by atoms with van der Waals surface area (Å²) in [5.74, 6) is 0.411. The van der Waals surface area contributed by atoms with Crippen molar-refractivity contribution in [1.29, 1.82) is 0 Å². The summed E-state index contributed by atoms with van der Waals surface area (Å²) >= 11 is 6.77. The highest BCUT2D eigenvalue weighted by molar-refractivity contribution is 6.22. The van der Waals surface area contributed by atoms with Crippen molar-refractivity contribution in [1.82, 2.24) is 0 Å². The van der Waals surface area contributed by atoms with Crippen LogP contribution in [0.2, 0.25) is 0 Å². The van der Waals surface area contributed by atoms with Gasteiger partial charge in [-0.2, -0.15) is 0 Å². The maximum atomic E-state index is 6.77. The first-order chi connectivity index (χ1) is 9.89. The van der Waals surface area contributed by atoms with E-state index in [1.807, 2.05) is 0 Å². The van der Waals surface area contributed by atoms with Gasteiger partial charge < -0.3 is 9.47 Å². The number of halogens is 1. The summed E-state index contributed by atoms with van der Waals surface area (Å²) in [5, 5.41) is -0.0692. The molecule has 0 spiro atoms. The van der Waals surface area contributed by atoms with Crippen LogP contribution in [0.15, 0.2) is 24.3 Å². The molecule has 21 heavy (non-hydrogen) atoms. The lowest BCUT2D eigenvalue weighted by Crippen LogP contribution is -2.48. The van der Waals surface area contributed by atoms with Crippen LogP contribution in [0.4, 0.5) is 0 Å². The minimum Gasteiger partial charge on any atom is -0.369 e. The zero-order valence-corrected chi connectivity index (χ0v) is 14.1. The standard InChI is InChI=1S/C18H25ClO2/c1-12(2)18-10-9-17(4,21-18)16(15(18)19)20-11-14-8-6-5-7-13(14)3/h5-8,12,15-16H,9-11H2,1-4H3/t15-,16-,17+,18+/m1/s1. The number of hydrogen-bond donors (Lipinski definition) is 0. The Morgan fingerprint density at radius 1 is 1.33 bits per heavy atom. The van der Waals surface area contributed by atoms with Gasteiger partial charge in [-0.25, -0.2) is 0 Å². The molecule has 1 aromatic rings. The second-order valence-electron chi connectivity index (χ2n) is 7.08. The summed E-state index contributed by atoms with van der Waals surface area (Å²) in [6, 6.07) is 8.34. The van der Waals surface area contributed by atoms with Crippen LogP contribution < -0.4 is 0 Å². The van der Waals surface area contributed by atoms with Crippen LogP contribution in [0.3, 0.4) is 0 Å². The first-order valence-corrected chi connectivity index (χ1v) is 8.33. The summed E-state index contributed by atoms with van der Waals surface area (Å²) in [6.45, 7) is 9.27. The van der Waals surface area contributed by atoms with Crippen molar-refractivity contribution < 1.29 is 9.47 Å². The van der Waals surface area contributed by atoms with E-state index in [4.69, 9.17) is 21.1 Å². The van der Waals surface area contributed by atoms with Gasteiger partial charge in [0.1, 0.15) is 6.10 Å². The third kappa shape index (κ3) is 2.32. The van der Waals surface area contributed by atoms with Crippen LogP contribution in [0, 0.1) is 12.8 Å². The fourth-order valence-electron chi connectivity index (χ4n) is 3.88. The molecule has 3 heteroatoms. The van der Waals surface area contributed by atoms with Gasteiger partial charge in [-0.1, -0.05) is 38.1 Å². The van der Waals surface area contributed by atoms with Crippen molar-refractivity contribution in [2.75, 3.05) is 0 Å². The van der Waals surface area contributed by atoms with Gasteiger partial charge in [-0.3, -0.25) is 0 Å². The third-order valence-corrected chi connectivity index (χ3v) is 6.02. The lowest BCUT2D eigenvalue weighted by molar-refractivity contribution is -0.0960. The van der Waals surface area contributed by atoms with E-state index in [1.165, 1.54) is 11.1 Å². The molecule has 0 N–H and O–H groups in total. The zero-order valence-electron chi connectivity index (χ0n) is 13.4. The number of aryl methyl sites for hydroxylation is 1. The van der Waals surface area contributed by atoms with Gasteiger partial charge in [0.05, 0.1) is 23.2 Å². The largest absolute Gasteiger partial charge is 0.369 e. The molecule has 2 nitrogen and oxygen atoms in total. The molecule has 2 saturated heterocycles. The predicted octanol–water partition coefficient (Wildman–Crippen LogP) is 4.47. The van der Waals surface area contributed by atoms with Crippen LogP contribution in [0.5, 0.6) is 0 Å². The monoisotopic (exact) mass is 308 g/mol. The third-order valence-electron chi connectivity index (χ3n) is 5.43. The number of benzene rings is 1. The Morgan fingerprint density at radius 2 is 2.05 bits per heavy atom. The average molecular weight is 309 g/mol. The minimum atomic E-state index is -0.237. The van der Waals surface area contributed by atoms with E-state index in [9.17, 15) is 0 Å². The average Bonchev–Trinajstić information content (AvgIpc) is 2.90. The molecule has 0 aromatic heterocycles. The minimum absolute atomic E-state index is 0.0325. The summed E-state index contributed by atoms with van der Waals surface area (Å²) < 4.78 is 12.6. The smallest absolute Gasteiger partial charge is 0.106 e. The summed E-state index contributed by atoms with van der Waals surface area (Å²) in [5.41, 5.74) is 2.04. The lowest BCUT2D eigenvalue weighted by atomic mass is 9.75. The molecule has 0 radical (unpaired) electrons. The van der Waals surface area contributed by atoms with Gasteiger partial charge in [0.25, 0.3) is 0 Å². The van der Waals surface area contributed by atoms with Crippen molar-refractivity contribution in [2.45, 2.75) is 69.8 Å². The van der Waals surface area contributed by atoms with Crippen molar-refractivity contribution in [3.05, 3.63) is 35.4 Å². The molecular formula is C18H25ClO2. The fourth-order valence-corrected chi connectivity index (χ4v) is 4.62. The van der Waals surface area contributed by atoms with Gasteiger partial charge in [-0.15, -0.1) is 11.6 Å². The predicted molar refractivity (Wildman–Crippen MR) is 85.7 cm³/mol. The maximum Gasteiger partial charge on any atom is 0.106 e. The highest BCUT2D eigenvalue weighted by atomic mass is 35.5. The number of fused-ring (bicyclic) bond motifs is 2. The van der Waals surface area contributed by atoms with Crippen molar-refractivity contribution in [3.63, 3.8) is 0 Å². The summed E-state index contributed by atoms with van der Waals surface area (Å²) in [6.07, 6.45) is 2.04. The maximum absolute atomic E-state index is 6.77. The van der Waals surface area contributed by atoms with Gasteiger partial charge in [-0.05, 0) is 43.7 Å². The van der Waals surface area contributed by atoms with Crippen molar-refractivity contribution in [3.8, 4) is 0 Å². The molecular weight excluding hydrogens is 284 g/mol. The van der Waals surface area contributed by atoms with E-state index in [0.717, 1.165) is 12.8 Å². The molecule has 2 fully saturated rings. The molecule has 1 aromatic carbocycles. The van der Waals surface area contributed by atoms with Gasteiger partial charge in [0.2, 0.25) is 0 Å². The molecule has 116 valence electrons. The van der Waals surface area contributed by atoms with E-state index in [-0.39, 0.29) is 22.7 Å². The number of rotatable bonds is 4. The topological polar surface area (TPSA) is 18.5 Å². The fraction of sp³-hybridized carbons (Fsp3) is 0.667. The summed E-state index contributed by atoms with van der Waals surface area (Å²) in [4.78, 5) is 0. The normalized spacial score (nSPS) is 38.4. The van der Waals surface area contributed by atoms with E-state index in [1.54, 1.807) is 0 Å². The Labute approximate surface area is 132 Å². The Kier molecular flexibility index (Phi) is 3.84. The molecule has 0 saturated carbocycles. The Morgan fingerprint density at radius 3 is 2.67 bits per heavy atom. The molecule has 2 bridgehead atoms. The van der Waals surface area contributed by atoms with Gasteiger partial charge in [0, 0.05) is 0 Å². The van der Waals surface area contributed by atoms with Crippen LogP contribution in [-0.4, -0.2) is 22.7 Å². The van der Waals surface area contributed by atoms with Crippen LogP contribution in [0.25, 0.3) is 0 Å². The van der Waals surface area contributed by atoms with E-state index in [0.29, 0.717) is 12.5 Å². The lowest BCUT2D eigenvalue weighted by Gasteiger charge is -2.36.